The molecule has 0 bridgehead atoms. The van der Waals surface area contributed by atoms with E-state index in [1.807, 2.05) is 18.2 Å². The molecule has 0 fully saturated rings. The average molecular weight is 556 g/mol. The molecule has 4 aromatic rings. The largest absolute Gasteiger partial charge is 0.399 e. The first-order valence-corrected chi connectivity index (χ1v) is 14.4. The molecule has 37 heavy (non-hydrogen) atoms. The molecule has 0 spiro atoms. The van der Waals surface area contributed by atoms with Crippen molar-refractivity contribution in [3.63, 3.8) is 0 Å². The second kappa shape index (κ2) is 10.9. The molecule has 0 heterocycles. The summed E-state index contributed by atoms with van der Waals surface area (Å²) in [6, 6.07) is 25.7. The van der Waals surface area contributed by atoms with Gasteiger partial charge in [-0.3, -0.25) is 0 Å². The maximum Gasteiger partial charge on any atom is 0.240 e. The topological polar surface area (TPSA) is 144 Å². The Morgan fingerprint density at radius 2 is 1.41 bits per heavy atom. The minimum Gasteiger partial charge on any atom is -0.399 e. The summed E-state index contributed by atoms with van der Waals surface area (Å²) in [5.41, 5.74) is 14.6. The number of nitrogens with two attached hydrogens (primary N) is 2. The van der Waals surface area contributed by atoms with Crippen molar-refractivity contribution in [2.45, 2.75) is 22.9 Å². The van der Waals surface area contributed by atoms with Crippen LogP contribution in [-0.4, -0.2) is 16.8 Å². The summed E-state index contributed by atoms with van der Waals surface area (Å²) in [6.45, 7) is 0.103. The molecule has 0 saturated carbocycles. The summed E-state index contributed by atoms with van der Waals surface area (Å²) < 4.78 is 56.5. The number of halogens is 1. The Hall–Kier alpha value is -3.41. The summed E-state index contributed by atoms with van der Waals surface area (Å²) >= 11 is 6.12. The molecule has 0 aliphatic rings. The van der Waals surface area contributed by atoms with Crippen LogP contribution < -0.4 is 20.9 Å². The Labute approximate surface area is 221 Å². The molecular weight excluding hydrogens is 532 g/mol. The second-order valence-corrected chi connectivity index (χ2v) is 12.1. The molecule has 0 aliphatic carbocycles. The zero-order chi connectivity index (χ0) is 26.6. The zero-order valence-electron chi connectivity index (χ0n) is 19.5. The molecule has 1 radical (unpaired) electrons. The van der Waals surface area contributed by atoms with E-state index in [0.29, 0.717) is 21.7 Å². The third kappa shape index (κ3) is 6.48. The van der Waals surface area contributed by atoms with Crippen LogP contribution in [0.3, 0.4) is 0 Å². The van der Waals surface area contributed by atoms with E-state index in [0.717, 1.165) is 5.56 Å². The van der Waals surface area contributed by atoms with Crippen LogP contribution in [0, 0.1) is 6.07 Å². The van der Waals surface area contributed by atoms with Crippen LogP contribution in [0.5, 0.6) is 0 Å². The Bertz CT molecular complexity index is 1640. The summed E-state index contributed by atoms with van der Waals surface area (Å²) in [4.78, 5) is -0.147. The van der Waals surface area contributed by atoms with Crippen molar-refractivity contribution in [3.8, 4) is 11.1 Å². The highest BCUT2D eigenvalue weighted by Gasteiger charge is 2.19. The van der Waals surface area contributed by atoms with Gasteiger partial charge in [0.1, 0.15) is 0 Å². The Balaban J connectivity index is 1.57. The number of rotatable bonds is 9. The quantitative estimate of drug-likeness (QED) is 0.230. The molecule has 0 aromatic heterocycles. The predicted molar refractivity (Wildman–Crippen MR) is 145 cm³/mol. The van der Waals surface area contributed by atoms with Crippen LogP contribution in [0.4, 0.5) is 11.4 Å². The lowest BCUT2D eigenvalue weighted by Gasteiger charge is -2.13. The van der Waals surface area contributed by atoms with Gasteiger partial charge in [0.05, 0.1) is 9.79 Å². The van der Waals surface area contributed by atoms with Gasteiger partial charge in [-0.2, -0.15) is 0 Å². The molecule has 6 N–H and O–H groups in total. The van der Waals surface area contributed by atoms with Gasteiger partial charge in [-0.05, 0) is 59.2 Å². The van der Waals surface area contributed by atoms with Gasteiger partial charge >= 0.3 is 0 Å². The lowest BCUT2D eigenvalue weighted by Crippen LogP contribution is -2.23. The van der Waals surface area contributed by atoms with Gasteiger partial charge in [-0.1, -0.05) is 60.1 Å². The zero-order valence-corrected chi connectivity index (χ0v) is 21.9. The van der Waals surface area contributed by atoms with Gasteiger partial charge in [0.25, 0.3) is 0 Å². The van der Waals surface area contributed by atoms with Gasteiger partial charge < -0.3 is 11.5 Å². The summed E-state index contributed by atoms with van der Waals surface area (Å²) in [5, 5.41) is 0.439. The highest BCUT2D eigenvalue weighted by atomic mass is 35.5. The molecule has 0 amide bonds. The van der Waals surface area contributed by atoms with Crippen LogP contribution in [0.25, 0.3) is 11.1 Å². The van der Waals surface area contributed by atoms with Crippen LogP contribution in [-0.2, 0) is 33.1 Å². The Morgan fingerprint density at radius 1 is 0.757 bits per heavy atom. The molecule has 0 saturated heterocycles. The lowest BCUT2D eigenvalue weighted by molar-refractivity contribution is 0.580. The number of nitrogens with one attached hydrogen (secondary N) is 2. The number of anilines is 2. The number of hydrogen-bond acceptors (Lipinski definition) is 6. The fourth-order valence-corrected chi connectivity index (χ4v) is 5.88. The minimum absolute atomic E-state index is 0.0110. The molecular formula is C26H24ClN4O4S2. The number of nitrogen functional groups attached to an aromatic ring is 2. The van der Waals surface area contributed by atoms with Crippen LogP contribution in [0.15, 0.2) is 94.7 Å². The van der Waals surface area contributed by atoms with Crippen molar-refractivity contribution in [1.82, 2.24) is 9.44 Å². The van der Waals surface area contributed by atoms with Crippen molar-refractivity contribution < 1.29 is 16.8 Å². The van der Waals surface area contributed by atoms with Gasteiger partial charge in [0.2, 0.25) is 20.0 Å². The lowest BCUT2D eigenvalue weighted by atomic mass is 10.0. The van der Waals surface area contributed by atoms with Crippen LogP contribution >= 0.6 is 11.6 Å². The molecule has 0 aliphatic heterocycles. The fourth-order valence-electron chi connectivity index (χ4n) is 3.58. The Kier molecular flexibility index (Phi) is 7.86. The van der Waals surface area contributed by atoms with Crippen LogP contribution in [0.2, 0.25) is 5.02 Å². The van der Waals surface area contributed by atoms with Crippen molar-refractivity contribution in [2.75, 3.05) is 11.5 Å². The van der Waals surface area contributed by atoms with E-state index in [9.17, 15) is 16.8 Å². The normalized spacial score (nSPS) is 11.9. The monoisotopic (exact) mass is 555 g/mol. The molecule has 0 atom stereocenters. The first kappa shape index (κ1) is 26.6. The molecule has 4 aromatic carbocycles. The standard InChI is InChI=1S/C26H24ClN4O4S2/c27-25-9-5-4-8-19(25)17-31-37(34,35)23-13-20(12-21(28)14-23)24-11-10-22(15-26(24)29)36(32,33)30-16-18-6-2-1-3-7-18/h1-10,12-15,30-31H,16-17,28-29H2. The van der Waals surface area contributed by atoms with Gasteiger partial charge in [0, 0.05) is 35.1 Å². The number of hydrogen-bond donors (Lipinski definition) is 4. The van der Waals surface area contributed by atoms with E-state index in [1.54, 1.807) is 36.4 Å². The molecule has 8 nitrogen and oxygen atoms in total. The first-order valence-electron chi connectivity index (χ1n) is 11.0. The third-order valence-corrected chi connectivity index (χ3v) is 8.63. The van der Waals surface area contributed by atoms with Crippen molar-refractivity contribution >= 4 is 43.0 Å². The number of benzene rings is 4. The van der Waals surface area contributed by atoms with Crippen LogP contribution in [0.1, 0.15) is 11.1 Å². The maximum atomic E-state index is 13.0. The highest BCUT2D eigenvalue weighted by molar-refractivity contribution is 7.89. The molecule has 191 valence electrons. The fraction of sp³-hybridized carbons (Fsp3) is 0.0769. The maximum absolute atomic E-state index is 13.0. The van der Waals surface area contributed by atoms with Gasteiger partial charge in [0.15, 0.2) is 0 Å². The van der Waals surface area contributed by atoms with E-state index in [4.69, 9.17) is 23.1 Å². The van der Waals surface area contributed by atoms with Crippen molar-refractivity contribution in [3.05, 3.63) is 107 Å². The van der Waals surface area contributed by atoms with E-state index in [-0.39, 0.29) is 34.3 Å². The van der Waals surface area contributed by atoms with E-state index in [2.05, 4.69) is 15.5 Å². The molecule has 11 heteroatoms. The summed E-state index contributed by atoms with van der Waals surface area (Å²) in [5.74, 6) is 0. The number of sulfonamides is 2. The van der Waals surface area contributed by atoms with Crippen molar-refractivity contribution in [1.29, 1.82) is 0 Å². The minimum atomic E-state index is -3.96. The van der Waals surface area contributed by atoms with E-state index < -0.39 is 20.0 Å². The summed E-state index contributed by atoms with van der Waals surface area (Å²) in [7, 11) is -7.81. The molecule has 0 unspecified atom stereocenters. The van der Waals surface area contributed by atoms with E-state index >= 15 is 0 Å². The summed E-state index contributed by atoms with van der Waals surface area (Å²) in [6.07, 6.45) is 0. The Morgan fingerprint density at radius 3 is 2.11 bits per heavy atom. The van der Waals surface area contributed by atoms with Gasteiger partial charge in [-0.25, -0.2) is 26.3 Å². The SMILES string of the molecule is Nc1cc(-c2[c]cc(S(=O)(=O)NCc3ccccc3)cc2N)cc(S(=O)(=O)NCc2ccccc2Cl)c1. The third-order valence-electron chi connectivity index (χ3n) is 5.50. The smallest absolute Gasteiger partial charge is 0.240 e. The van der Waals surface area contributed by atoms with Crippen molar-refractivity contribution in [2.24, 2.45) is 0 Å². The average Bonchev–Trinajstić information content (AvgIpc) is 2.87. The van der Waals surface area contributed by atoms with Gasteiger partial charge in [-0.15, -0.1) is 0 Å². The molecule has 4 rings (SSSR count). The second-order valence-electron chi connectivity index (χ2n) is 8.18. The first-order chi connectivity index (χ1) is 17.5. The predicted octanol–water partition coefficient (Wildman–Crippen LogP) is 3.93. The van der Waals surface area contributed by atoms with E-state index in [1.165, 1.54) is 30.3 Å². The highest BCUT2D eigenvalue weighted by Crippen LogP contribution is 2.31.